The van der Waals surface area contributed by atoms with Crippen LogP contribution in [0.2, 0.25) is 15.1 Å². The van der Waals surface area contributed by atoms with Gasteiger partial charge in [0.05, 0.1) is 50.6 Å². The summed E-state index contributed by atoms with van der Waals surface area (Å²) in [7, 11) is 0. The summed E-state index contributed by atoms with van der Waals surface area (Å²) in [6.07, 6.45) is 0.794. The van der Waals surface area contributed by atoms with Gasteiger partial charge in [-0.3, -0.25) is 14.9 Å². The molecule has 0 atom stereocenters. The SMILES string of the molecule is CC(=O)Nc1cc(Cl)c(N)cc1C.CCOC(=O)Nc1ccc(N)cc1Cl.Cc1cc(N)c(Cl)cc1NC(=O)c1ccccc1F.O=C(O)c1ccco1. The molecule has 1 heterocycles. The quantitative estimate of drug-likeness (QED) is 0.0805. The lowest BCUT2D eigenvalue weighted by molar-refractivity contribution is -0.114. The molecule has 0 fully saturated rings. The predicted molar refractivity (Wildman–Crippen MR) is 212 cm³/mol. The second-order valence-electron chi connectivity index (χ2n) is 10.9. The topological polar surface area (TPSA) is 225 Å². The number of carboxylic acid groups (broad SMARTS) is 1. The average molecular weight is 804 g/mol. The highest BCUT2D eigenvalue weighted by atomic mass is 35.5. The molecule has 3 amide bonds. The first-order chi connectivity index (χ1) is 25.4. The van der Waals surface area contributed by atoms with E-state index in [4.69, 9.17) is 61.8 Å². The van der Waals surface area contributed by atoms with Crippen molar-refractivity contribution in [2.24, 2.45) is 0 Å². The molecule has 0 aliphatic carbocycles. The number of amides is 3. The van der Waals surface area contributed by atoms with Crippen LogP contribution in [0.1, 0.15) is 45.9 Å². The summed E-state index contributed by atoms with van der Waals surface area (Å²) in [6.45, 7) is 7.13. The fourth-order valence-corrected chi connectivity index (χ4v) is 4.58. The van der Waals surface area contributed by atoms with Crippen molar-refractivity contribution in [3.05, 3.63) is 128 Å². The minimum absolute atomic E-state index is 0.0187. The van der Waals surface area contributed by atoms with Gasteiger partial charge in [-0.2, -0.15) is 0 Å². The second kappa shape index (κ2) is 21.5. The lowest BCUT2D eigenvalue weighted by Crippen LogP contribution is -2.14. The molecule has 17 heteroatoms. The Hall–Kier alpha value is -5.96. The monoisotopic (exact) mass is 802 g/mol. The Morgan fingerprint density at radius 2 is 1.33 bits per heavy atom. The number of nitrogens with two attached hydrogens (primary N) is 3. The molecule has 0 aliphatic heterocycles. The lowest BCUT2D eigenvalue weighted by atomic mass is 10.1. The van der Waals surface area contributed by atoms with Gasteiger partial charge < -0.3 is 42.1 Å². The summed E-state index contributed by atoms with van der Waals surface area (Å²) >= 11 is 17.5. The maximum Gasteiger partial charge on any atom is 0.411 e. The van der Waals surface area contributed by atoms with E-state index in [2.05, 4.69) is 20.4 Å². The third-order valence-corrected chi connectivity index (χ3v) is 7.57. The van der Waals surface area contributed by atoms with Crippen LogP contribution in [0.15, 0.2) is 89.5 Å². The van der Waals surface area contributed by atoms with Gasteiger partial charge in [-0.05, 0) is 98.6 Å². The number of benzene rings is 4. The van der Waals surface area contributed by atoms with E-state index in [1.807, 2.05) is 6.92 Å². The largest absolute Gasteiger partial charge is 0.475 e. The van der Waals surface area contributed by atoms with Gasteiger partial charge in [0.2, 0.25) is 11.7 Å². The van der Waals surface area contributed by atoms with Crippen LogP contribution in [-0.4, -0.2) is 35.6 Å². The summed E-state index contributed by atoms with van der Waals surface area (Å²) < 4.78 is 22.7. The first-order valence-electron chi connectivity index (χ1n) is 15.6. The van der Waals surface area contributed by atoms with Gasteiger partial charge >= 0.3 is 12.1 Å². The Balaban J connectivity index is 0.000000259. The van der Waals surface area contributed by atoms with E-state index in [-0.39, 0.29) is 17.2 Å². The predicted octanol–water partition coefficient (Wildman–Crippen LogP) is 9.28. The fraction of sp³-hybridized carbons (Fsp3) is 0.135. The van der Waals surface area contributed by atoms with Gasteiger partial charge in [0.1, 0.15) is 5.82 Å². The van der Waals surface area contributed by atoms with Crippen molar-refractivity contribution >= 4 is 92.8 Å². The normalized spacial score (nSPS) is 9.78. The molecule has 13 nitrogen and oxygen atoms in total. The van der Waals surface area contributed by atoms with Gasteiger partial charge in [0.15, 0.2) is 0 Å². The maximum absolute atomic E-state index is 13.5. The lowest BCUT2D eigenvalue weighted by Gasteiger charge is -2.10. The van der Waals surface area contributed by atoms with E-state index in [0.717, 1.165) is 11.1 Å². The van der Waals surface area contributed by atoms with E-state index < -0.39 is 23.8 Å². The van der Waals surface area contributed by atoms with Gasteiger partial charge in [-0.1, -0.05) is 46.9 Å². The summed E-state index contributed by atoms with van der Waals surface area (Å²) in [5, 5.41) is 17.1. The number of furan rings is 1. The Kier molecular flexibility index (Phi) is 17.6. The van der Waals surface area contributed by atoms with Gasteiger partial charge in [0, 0.05) is 24.0 Å². The highest BCUT2D eigenvalue weighted by molar-refractivity contribution is 6.34. The summed E-state index contributed by atoms with van der Waals surface area (Å²) in [5.41, 5.74) is 21.5. The molecule has 4 aromatic carbocycles. The maximum atomic E-state index is 13.5. The molecule has 10 N–H and O–H groups in total. The highest BCUT2D eigenvalue weighted by Gasteiger charge is 2.13. The molecule has 286 valence electrons. The van der Waals surface area contributed by atoms with Crippen LogP contribution in [0.4, 0.5) is 43.3 Å². The minimum Gasteiger partial charge on any atom is -0.475 e. The average Bonchev–Trinajstić information content (AvgIpc) is 3.65. The molecule has 0 radical (unpaired) electrons. The number of carboxylic acids is 1. The Morgan fingerprint density at radius 1 is 0.759 bits per heavy atom. The highest BCUT2D eigenvalue weighted by Crippen LogP contribution is 2.28. The zero-order valence-electron chi connectivity index (χ0n) is 29.4. The Labute approximate surface area is 325 Å². The number of carbonyl (C=O) groups excluding carboxylic acids is 3. The fourth-order valence-electron chi connectivity index (χ4n) is 4.01. The van der Waals surface area contributed by atoms with Crippen molar-refractivity contribution in [1.29, 1.82) is 0 Å². The molecule has 0 saturated carbocycles. The summed E-state index contributed by atoms with van der Waals surface area (Å²) in [6, 6.07) is 20.1. The minimum atomic E-state index is -1.03. The van der Waals surface area contributed by atoms with Crippen molar-refractivity contribution in [3.63, 3.8) is 0 Å². The second-order valence-corrected chi connectivity index (χ2v) is 12.1. The van der Waals surface area contributed by atoms with Crippen molar-refractivity contribution in [3.8, 4) is 0 Å². The third-order valence-electron chi connectivity index (χ3n) is 6.60. The van der Waals surface area contributed by atoms with Crippen molar-refractivity contribution in [2.75, 3.05) is 39.8 Å². The standard InChI is InChI=1S/C14H12ClFN2O.C9H11ClN2O2.C9H11ClN2O.C5H4O3/c1-8-6-12(17)10(15)7-13(8)18-14(19)9-4-2-3-5-11(9)16;1-2-14-9(13)12-8-4-3-6(11)5-7(8)10;1-5-3-8(11)7(10)4-9(5)12-6(2)13;6-5(7)4-2-1-3-8-4/h2-7H,17H2,1H3,(H,18,19);3-5H,2,11H2,1H3,(H,12,13);3-4H,11H2,1-2H3,(H,12,13);1-3H,(H,6,7). The van der Waals surface area contributed by atoms with E-state index in [1.165, 1.54) is 43.5 Å². The van der Waals surface area contributed by atoms with E-state index >= 15 is 0 Å². The first-order valence-corrected chi connectivity index (χ1v) is 16.8. The zero-order chi connectivity index (χ0) is 40.5. The summed E-state index contributed by atoms with van der Waals surface area (Å²) in [4.78, 5) is 43.7. The van der Waals surface area contributed by atoms with Crippen LogP contribution < -0.4 is 33.2 Å². The number of carbonyl (C=O) groups is 4. The number of aromatic carboxylic acids is 1. The van der Waals surface area contributed by atoms with Crippen LogP contribution in [0.25, 0.3) is 0 Å². The number of halogens is 4. The molecule has 5 rings (SSSR count). The van der Waals surface area contributed by atoms with Crippen molar-refractivity contribution in [1.82, 2.24) is 0 Å². The van der Waals surface area contributed by atoms with Gasteiger partial charge in [-0.25, -0.2) is 14.0 Å². The Bertz CT molecular complexity index is 2080. The van der Waals surface area contributed by atoms with Gasteiger partial charge in [0.25, 0.3) is 5.91 Å². The number of anilines is 6. The molecule has 5 aromatic rings. The molecule has 0 aliphatic rings. The molecular weight excluding hydrogens is 766 g/mol. The van der Waals surface area contributed by atoms with Crippen LogP contribution >= 0.6 is 34.8 Å². The molecule has 1 aromatic heterocycles. The van der Waals surface area contributed by atoms with Gasteiger partial charge in [-0.15, -0.1) is 0 Å². The van der Waals surface area contributed by atoms with Crippen LogP contribution in [0.5, 0.6) is 0 Å². The number of hydrogen-bond donors (Lipinski definition) is 7. The molecule has 0 unspecified atom stereocenters. The van der Waals surface area contributed by atoms with Crippen LogP contribution in [0.3, 0.4) is 0 Å². The smallest absolute Gasteiger partial charge is 0.411 e. The molecule has 0 spiro atoms. The number of ether oxygens (including phenoxy) is 1. The first kappa shape index (κ1) is 44.2. The van der Waals surface area contributed by atoms with Crippen LogP contribution in [0, 0.1) is 19.7 Å². The molecular formula is C37H38Cl3FN6O7. The zero-order valence-corrected chi connectivity index (χ0v) is 31.7. The van der Waals surface area contributed by atoms with Crippen molar-refractivity contribution in [2.45, 2.75) is 27.7 Å². The number of nitrogen functional groups attached to an aromatic ring is 3. The van der Waals surface area contributed by atoms with E-state index in [9.17, 15) is 23.6 Å². The number of aryl methyl sites for hydroxylation is 2. The van der Waals surface area contributed by atoms with Crippen LogP contribution in [-0.2, 0) is 9.53 Å². The molecule has 54 heavy (non-hydrogen) atoms. The van der Waals surface area contributed by atoms with Crippen molar-refractivity contribution < 1.29 is 37.8 Å². The number of rotatable bonds is 6. The summed E-state index contributed by atoms with van der Waals surface area (Å²) in [5.74, 6) is -2.27. The number of hydrogen-bond acceptors (Lipinski definition) is 9. The molecule has 0 bridgehead atoms. The molecule has 0 saturated heterocycles. The van der Waals surface area contributed by atoms with E-state index in [1.54, 1.807) is 62.4 Å². The van der Waals surface area contributed by atoms with E-state index in [0.29, 0.717) is 55.8 Å². The Morgan fingerprint density at radius 3 is 1.80 bits per heavy atom. The number of nitrogens with one attached hydrogen (secondary N) is 3. The third kappa shape index (κ3) is 14.6.